The van der Waals surface area contributed by atoms with E-state index in [2.05, 4.69) is 38.8 Å². The molecule has 1 N–H and O–H groups in total. The molecule has 0 bridgehead atoms. The van der Waals surface area contributed by atoms with Crippen LogP contribution < -0.4 is 10.1 Å². The SMILES string of the molecule is C#C.COC(=O)[C@@H]1CCCN1.COc1cccc(Br)c1. The molecule has 1 aliphatic heterocycles. The Kier molecular flexibility index (Phi) is 10.5. The van der Waals surface area contributed by atoms with Crippen molar-refractivity contribution < 1.29 is 14.3 Å². The van der Waals surface area contributed by atoms with Gasteiger partial charge in [0, 0.05) is 4.47 Å². The molecule has 0 unspecified atom stereocenters. The molecule has 1 aromatic carbocycles. The molecule has 20 heavy (non-hydrogen) atoms. The first kappa shape index (κ1) is 18.5. The molecule has 1 saturated heterocycles. The molecule has 5 heteroatoms. The van der Waals surface area contributed by atoms with E-state index < -0.39 is 0 Å². The number of methoxy groups -OCH3 is 2. The summed E-state index contributed by atoms with van der Waals surface area (Å²) in [6.07, 6.45) is 10.0. The number of nitrogens with one attached hydrogen (secondary N) is 1. The van der Waals surface area contributed by atoms with Gasteiger partial charge in [-0.2, -0.15) is 0 Å². The van der Waals surface area contributed by atoms with Gasteiger partial charge in [0.2, 0.25) is 0 Å². The molecule has 1 aliphatic rings. The molecule has 1 fully saturated rings. The van der Waals surface area contributed by atoms with Crippen molar-refractivity contribution in [2.75, 3.05) is 20.8 Å². The Morgan fingerprint density at radius 2 is 2.10 bits per heavy atom. The lowest BCUT2D eigenvalue weighted by molar-refractivity contribution is -0.142. The minimum Gasteiger partial charge on any atom is -0.497 e. The predicted octanol–water partition coefficient (Wildman–Crippen LogP) is 2.62. The molecule has 0 saturated carbocycles. The van der Waals surface area contributed by atoms with Gasteiger partial charge in [-0.25, -0.2) is 0 Å². The number of terminal acetylenes is 1. The Morgan fingerprint density at radius 1 is 1.40 bits per heavy atom. The van der Waals surface area contributed by atoms with E-state index >= 15 is 0 Å². The molecule has 2 rings (SSSR count). The maximum atomic E-state index is 10.7. The van der Waals surface area contributed by atoms with Crippen LogP contribution in [0.3, 0.4) is 0 Å². The van der Waals surface area contributed by atoms with Crippen LogP contribution in [-0.2, 0) is 9.53 Å². The van der Waals surface area contributed by atoms with E-state index in [9.17, 15) is 4.79 Å². The van der Waals surface area contributed by atoms with Crippen molar-refractivity contribution in [2.24, 2.45) is 0 Å². The molecule has 0 amide bonds. The predicted molar refractivity (Wildman–Crippen MR) is 83.6 cm³/mol. The van der Waals surface area contributed by atoms with E-state index in [0.717, 1.165) is 29.6 Å². The summed E-state index contributed by atoms with van der Waals surface area (Å²) >= 11 is 3.32. The van der Waals surface area contributed by atoms with Gasteiger partial charge in [0.15, 0.2) is 0 Å². The number of carbonyl (C=O) groups is 1. The summed E-state index contributed by atoms with van der Waals surface area (Å²) in [6, 6.07) is 7.69. The van der Waals surface area contributed by atoms with Gasteiger partial charge in [0.25, 0.3) is 0 Å². The fraction of sp³-hybridized carbons (Fsp3) is 0.400. The molecular formula is C15H20BrNO3. The second kappa shape index (κ2) is 11.3. The van der Waals surface area contributed by atoms with Crippen LogP contribution in [0.25, 0.3) is 0 Å². The highest BCUT2D eigenvalue weighted by Gasteiger charge is 2.21. The van der Waals surface area contributed by atoms with Gasteiger partial charge in [-0.3, -0.25) is 4.79 Å². The van der Waals surface area contributed by atoms with E-state index in [4.69, 9.17) is 4.74 Å². The largest absolute Gasteiger partial charge is 0.497 e. The fourth-order valence-electron chi connectivity index (χ4n) is 1.62. The molecule has 1 heterocycles. The van der Waals surface area contributed by atoms with Crippen LogP contribution in [0.1, 0.15) is 12.8 Å². The van der Waals surface area contributed by atoms with Gasteiger partial charge in [0.1, 0.15) is 11.8 Å². The number of benzene rings is 1. The second-order valence-corrected chi connectivity index (χ2v) is 4.75. The Labute approximate surface area is 129 Å². The number of esters is 1. The molecular weight excluding hydrogens is 322 g/mol. The van der Waals surface area contributed by atoms with Crippen LogP contribution in [0.5, 0.6) is 5.75 Å². The van der Waals surface area contributed by atoms with E-state index in [-0.39, 0.29) is 12.0 Å². The van der Waals surface area contributed by atoms with Crippen LogP contribution in [0, 0.1) is 12.8 Å². The van der Waals surface area contributed by atoms with E-state index in [1.807, 2.05) is 24.3 Å². The lowest BCUT2D eigenvalue weighted by atomic mass is 10.2. The zero-order valence-corrected chi connectivity index (χ0v) is 13.4. The van der Waals surface area contributed by atoms with Gasteiger partial charge in [-0.15, -0.1) is 12.8 Å². The molecule has 1 atom stereocenters. The minimum absolute atomic E-state index is 0.0324. The zero-order chi connectivity index (χ0) is 15.4. The number of ether oxygens (including phenoxy) is 2. The number of carbonyl (C=O) groups excluding carboxylic acids is 1. The molecule has 110 valence electrons. The number of hydrogen-bond acceptors (Lipinski definition) is 4. The van der Waals surface area contributed by atoms with Gasteiger partial charge < -0.3 is 14.8 Å². The highest BCUT2D eigenvalue weighted by Crippen LogP contribution is 2.16. The van der Waals surface area contributed by atoms with Gasteiger partial charge >= 0.3 is 5.97 Å². The maximum absolute atomic E-state index is 10.7. The lowest BCUT2D eigenvalue weighted by Gasteiger charge is -2.04. The highest BCUT2D eigenvalue weighted by atomic mass is 79.9. The first-order valence-electron chi connectivity index (χ1n) is 6.11. The summed E-state index contributed by atoms with van der Waals surface area (Å²) in [6.45, 7) is 0.944. The van der Waals surface area contributed by atoms with E-state index in [1.54, 1.807) is 7.11 Å². The monoisotopic (exact) mass is 341 g/mol. The van der Waals surface area contributed by atoms with Crippen LogP contribution >= 0.6 is 15.9 Å². The second-order valence-electron chi connectivity index (χ2n) is 3.83. The summed E-state index contributed by atoms with van der Waals surface area (Å²) < 4.78 is 10.5. The van der Waals surface area contributed by atoms with Crippen molar-refractivity contribution in [1.29, 1.82) is 0 Å². The molecule has 1 aromatic rings. The van der Waals surface area contributed by atoms with Gasteiger partial charge in [0.05, 0.1) is 14.2 Å². The zero-order valence-electron chi connectivity index (χ0n) is 11.8. The summed E-state index contributed by atoms with van der Waals surface area (Å²) in [5.41, 5.74) is 0. The van der Waals surface area contributed by atoms with E-state index in [1.165, 1.54) is 7.11 Å². The third-order valence-corrected chi connectivity index (χ3v) is 3.07. The van der Waals surface area contributed by atoms with Crippen molar-refractivity contribution in [3.63, 3.8) is 0 Å². The summed E-state index contributed by atoms with van der Waals surface area (Å²) in [4.78, 5) is 10.7. The summed E-state index contributed by atoms with van der Waals surface area (Å²) in [5, 5.41) is 3.03. The van der Waals surface area contributed by atoms with Gasteiger partial charge in [-0.05, 0) is 37.6 Å². The van der Waals surface area contributed by atoms with Crippen LogP contribution in [-0.4, -0.2) is 32.8 Å². The Morgan fingerprint density at radius 3 is 2.50 bits per heavy atom. The fourth-order valence-corrected chi connectivity index (χ4v) is 2.00. The lowest BCUT2D eigenvalue weighted by Crippen LogP contribution is -2.31. The molecule has 4 nitrogen and oxygen atoms in total. The quantitative estimate of drug-likeness (QED) is 0.663. The number of halogens is 1. The van der Waals surface area contributed by atoms with Crippen molar-refractivity contribution in [2.45, 2.75) is 18.9 Å². The third kappa shape index (κ3) is 7.17. The summed E-state index contributed by atoms with van der Waals surface area (Å²) in [5.74, 6) is 0.747. The Bertz CT molecular complexity index is 415. The van der Waals surface area contributed by atoms with Crippen LogP contribution in [0.2, 0.25) is 0 Å². The average molecular weight is 342 g/mol. The Hall–Kier alpha value is -1.51. The normalized spacial score (nSPS) is 15.9. The summed E-state index contributed by atoms with van der Waals surface area (Å²) in [7, 11) is 3.07. The average Bonchev–Trinajstić information content (AvgIpc) is 3.03. The number of hydrogen-bond donors (Lipinski definition) is 1. The molecule has 0 aromatic heterocycles. The van der Waals surface area contributed by atoms with Gasteiger partial charge in [-0.1, -0.05) is 22.0 Å². The standard InChI is InChI=1S/C7H7BrO.C6H11NO2.C2H2/c1-9-7-4-2-3-6(8)5-7;1-9-6(8)5-3-2-4-7-5;1-2/h2-5H,1H3;5,7H,2-4H2,1H3;1-2H/t;5-;/m.0./s1. The molecule has 0 spiro atoms. The van der Waals surface area contributed by atoms with Crippen molar-refractivity contribution in [3.8, 4) is 18.6 Å². The van der Waals surface area contributed by atoms with Crippen molar-refractivity contribution in [3.05, 3.63) is 28.7 Å². The minimum atomic E-state index is -0.132. The highest BCUT2D eigenvalue weighted by molar-refractivity contribution is 9.10. The van der Waals surface area contributed by atoms with Crippen LogP contribution in [0.4, 0.5) is 0 Å². The number of rotatable bonds is 2. The molecule has 0 radical (unpaired) electrons. The first-order valence-corrected chi connectivity index (χ1v) is 6.90. The third-order valence-electron chi connectivity index (χ3n) is 2.58. The topological polar surface area (TPSA) is 47.6 Å². The van der Waals surface area contributed by atoms with Crippen molar-refractivity contribution >= 4 is 21.9 Å². The molecule has 0 aliphatic carbocycles. The van der Waals surface area contributed by atoms with E-state index in [0.29, 0.717) is 0 Å². The maximum Gasteiger partial charge on any atom is 0.322 e. The smallest absolute Gasteiger partial charge is 0.322 e. The first-order chi connectivity index (χ1) is 9.67. The van der Waals surface area contributed by atoms with Crippen LogP contribution in [0.15, 0.2) is 28.7 Å². The Balaban J connectivity index is 0.000000321. The van der Waals surface area contributed by atoms with Crippen molar-refractivity contribution in [1.82, 2.24) is 5.32 Å².